The van der Waals surface area contributed by atoms with Crippen LogP contribution in [0.5, 0.6) is 0 Å². The van der Waals surface area contributed by atoms with E-state index in [2.05, 4.69) is 116 Å². The normalized spacial score (nSPS) is 11.4. The van der Waals surface area contributed by atoms with Crippen molar-refractivity contribution in [3.63, 3.8) is 0 Å². The molecule has 0 fully saturated rings. The minimum Gasteiger partial charge on any atom is -0.477 e. The molecule has 0 radical (unpaired) electrons. The summed E-state index contributed by atoms with van der Waals surface area (Å²) < 4.78 is 0. The SMILES string of the molecule is CCCCc1ccc(N(c2ccc(CCCC)cc2)c2ccc(-c3sc(-c4ccc(/C=C(\C#N)C(=O)O)cc4)c4ccccc34)cc2)cc1. The Morgan fingerprint density at radius 3 is 1.51 bits per heavy atom. The first-order valence-electron chi connectivity index (χ1n) is 17.0. The Kier molecular flexibility index (Phi) is 10.7. The molecular formula is C44H40N2O2S. The number of nitriles is 1. The van der Waals surface area contributed by atoms with Crippen molar-refractivity contribution in [1.82, 2.24) is 0 Å². The second-order valence-corrected chi connectivity index (χ2v) is 13.3. The Labute approximate surface area is 293 Å². The molecule has 0 saturated carbocycles. The highest BCUT2D eigenvalue weighted by Gasteiger charge is 2.17. The number of hydrogen-bond acceptors (Lipinski definition) is 4. The summed E-state index contributed by atoms with van der Waals surface area (Å²) in [6.45, 7) is 4.47. The summed E-state index contributed by atoms with van der Waals surface area (Å²) >= 11 is 1.76. The average Bonchev–Trinajstić information content (AvgIpc) is 3.53. The van der Waals surface area contributed by atoms with E-state index >= 15 is 0 Å². The van der Waals surface area contributed by atoms with Crippen LogP contribution in [0.2, 0.25) is 0 Å². The number of rotatable bonds is 13. The lowest BCUT2D eigenvalue weighted by atomic mass is 10.0. The van der Waals surface area contributed by atoms with Crippen LogP contribution in [0.25, 0.3) is 37.7 Å². The van der Waals surface area contributed by atoms with Gasteiger partial charge in [-0.25, -0.2) is 4.79 Å². The number of unbranched alkanes of at least 4 members (excludes halogenated alkanes) is 2. The zero-order valence-corrected chi connectivity index (χ0v) is 28.8. The molecule has 6 aromatic rings. The molecular weight excluding hydrogens is 621 g/mol. The predicted molar refractivity (Wildman–Crippen MR) is 206 cm³/mol. The van der Waals surface area contributed by atoms with E-state index in [1.54, 1.807) is 17.4 Å². The molecule has 0 bridgehead atoms. The number of carboxylic acids is 1. The Bertz CT molecular complexity index is 2050. The molecule has 0 saturated heterocycles. The van der Waals surface area contributed by atoms with E-state index in [4.69, 9.17) is 5.26 Å². The van der Waals surface area contributed by atoms with Gasteiger partial charge in [-0.2, -0.15) is 5.26 Å². The van der Waals surface area contributed by atoms with Gasteiger partial charge in [-0.05, 0) is 96.0 Å². The van der Waals surface area contributed by atoms with E-state index in [1.807, 2.05) is 24.3 Å². The first kappa shape index (κ1) is 33.5. The van der Waals surface area contributed by atoms with Crippen molar-refractivity contribution in [2.45, 2.75) is 52.4 Å². The standard InChI is InChI=1S/C44H40N2O2S/c1-3-5-9-31-15-23-37(24-16-31)46(38-25-17-32(18-26-38)10-6-4-2)39-27-21-35(22-28-39)43-41-12-8-7-11-40(41)42(49-43)34-19-13-33(14-20-34)29-36(30-45)44(47)48/h7-8,11-29H,3-6,9-10H2,1-2H3,(H,47,48)/b36-29+. The molecule has 244 valence electrons. The number of benzene rings is 5. The van der Waals surface area contributed by atoms with E-state index in [1.165, 1.54) is 58.5 Å². The second kappa shape index (κ2) is 15.6. The van der Waals surface area contributed by atoms with Gasteiger partial charge >= 0.3 is 5.97 Å². The minimum absolute atomic E-state index is 0.286. The van der Waals surface area contributed by atoms with Gasteiger partial charge in [0.2, 0.25) is 0 Å². The van der Waals surface area contributed by atoms with Gasteiger partial charge < -0.3 is 10.0 Å². The van der Waals surface area contributed by atoms with Crippen molar-refractivity contribution < 1.29 is 9.90 Å². The van der Waals surface area contributed by atoms with Crippen LogP contribution in [0, 0.1) is 11.3 Å². The van der Waals surface area contributed by atoms with Crippen molar-refractivity contribution in [3.05, 3.63) is 144 Å². The fraction of sp³-hybridized carbons (Fsp3) is 0.182. The third kappa shape index (κ3) is 7.67. The van der Waals surface area contributed by atoms with Gasteiger partial charge in [0.05, 0.1) is 0 Å². The average molecular weight is 661 g/mol. The molecule has 4 nitrogen and oxygen atoms in total. The predicted octanol–water partition coefficient (Wildman–Crippen LogP) is 12.4. The van der Waals surface area contributed by atoms with Crippen molar-refractivity contribution in [2.75, 3.05) is 4.90 Å². The molecule has 0 amide bonds. The van der Waals surface area contributed by atoms with Crippen molar-refractivity contribution in [3.8, 4) is 27.0 Å². The quantitative estimate of drug-likeness (QED) is 0.0989. The van der Waals surface area contributed by atoms with Crippen molar-refractivity contribution in [2.24, 2.45) is 0 Å². The fourth-order valence-corrected chi connectivity index (χ4v) is 7.44. The lowest BCUT2D eigenvalue weighted by Crippen LogP contribution is -2.10. The topological polar surface area (TPSA) is 64.3 Å². The van der Waals surface area contributed by atoms with Gasteiger partial charge in [0, 0.05) is 37.6 Å². The van der Waals surface area contributed by atoms with Crippen molar-refractivity contribution in [1.29, 1.82) is 5.26 Å². The maximum atomic E-state index is 11.3. The molecule has 1 N–H and O–H groups in total. The largest absolute Gasteiger partial charge is 0.477 e. The number of nitrogens with zero attached hydrogens (tertiary/aromatic N) is 2. The molecule has 1 heterocycles. The van der Waals surface area contributed by atoms with Crippen LogP contribution in [0.1, 0.15) is 56.2 Å². The maximum absolute atomic E-state index is 11.3. The highest BCUT2D eigenvalue weighted by molar-refractivity contribution is 7.21. The molecule has 5 aromatic carbocycles. The molecule has 0 unspecified atom stereocenters. The minimum atomic E-state index is -1.23. The number of anilines is 3. The summed E-state index contributed by atoms with van der Waals surface area (Å²) in [6.07, 6.45) is 8.37. The van der Waals surface area contributed by atoms with E-state index in [-0.39, 0.29) is 5.57 Å². The van der Waals surface area contributed by atoms with Crippen LogP contribution in [0.15, 0.2) is 127 Å². The fourth-order valence-electron chi connectivity index (χ4n) is 6.15. The zero-order chi connectivity index (χ0) is 34.2. The monoisotopic (exact) mass is 660 g/mol. The number of aryl methyl sites for hydroxylation is 2. The molecule has 0 aliphatic rings. The summed E-state index contributed by atoms with van der Waals surface area (Å²) in [4.78, 5) is 16.0. The Balaban J connectivity index is 1.35. The first-order valence-corrected chi connectivity index (χ1v) is 17.9. The van der Waals surface area contributed by atoms with Crippen LogP contribution in [-0.2, 0) is 17.6 Å². The third-order valence-electron chi connectivity index (χ3n) is 8.87. The lowest BCUT2D eigenvalue weighted by Gasteiger charge is -2.26. The van der Waals surface area contributed by atoms with Gasteiger partial charge in [0.1, 0.15) is 11.6 Å². The summed E-state index contributed by atoms with van der Waals surface area (Å²) in [5.41, 5.74) is 8.72. The Morgan fingerprint density at radius 1 is 0.673 bits per heavy atom. The van der Waals surface area contributed by atoms with Gasteiger partial charge in [-0.15, -0.1) is 11.3 Å². The summed E-state index contributed by atoms with van der Waals surface area (Å²) in [5.74, 6) is -1.23. The summed E-state index contributed by atoms with van der Waals surface area (Å²) in [5, 5.41) is 20.8. The number of carboxylic acid groups (broad SMARTS) is 1. The number of hydrogen-bond donors (Lipinski definition) is 1. The third-order valence-corrected chi connectivity index (χ3v) is 10.2. The van der Waals surface area contributed by atoms with E-state index in [0.717, 1.165) is 45.9 Å². The number of carbonyl (C=O) groups is 1. The molecule has 0 aliphatic carbocycles. The smallest absolute Gasteiger partial charge is 0.346 e. The van der Waals surface area contributed by atoms with Crippen LogP contribution < -0.4 is 4.90 Å². The summed E-state index contributed by atoms with van der Waals surface area (Å²) in [7, 11) is 0. The lowest BCUT2D eigenvalue weighted by molar-refractivity contribution is -0.132. The van der Waals surface area contributed by atoms with Crippen LogP contribution >= 0.6 is 11.3 Å². The Hall–Kier alpha value is -5.44. The maximum Gasteiger partial charge on any atom is 0.346 e. The zero-order valence-electron chi connectivity index (χ0n) is 28.0. The molecule has 1 aromatic heterocycles. The number of aliphatic carboxylic acids is 1. The van der Waals surface area contributed by atoms with E-state index < -0.39 is 5.97 Å². The number of fused-ring (bicyclic) bond motifs is 1. The summed E-state index contributed by atoms with van der Waals surface area (Å²) in [6, 6.07) is 44.8. The van der Waals surface area contributed by atoms with Gasteiger partial charge in [0.15, 0.2) is 0 Å². The number of thiophene rings is 1. The van der Waals surface area contributed by atoms with E-state index in [9.17, 15) is 9.90 Å². The second-order valence-electron chi connectivity index (χ2n) is 12.3. The van der Waals surface area contributed by atoms with Gasteiger partial charge in [-0.1, -0.05) is 112 Å². The molecule has 49 heavy (non-hydrogen) atoms. The Morgan fingerprint density at radius 2 is 1.10 bits per heavy atom. The van der Waals surface area contributed by atoms with E-state index in [0.29, 0.717) is 5.56 Å². The molecule has 5 heteroatoms. The highest BCUT2D eigenvalue weighted by Crippen LogP contribution is 2.45. The first-order chi connectivity index (χ1) is 24.0. The molecule has 0 spiro atoms. The van der Waals surface area contributed by atoms with Gasteiger partial charge in [-0.3, -0.25) is 0 Å². The highest BCUT2D eigenvalue weighted by atomic mass is 32.1. The van der Waals surface area contributed by atoms with Crippen LogP contribution in [0.4, 0.5) is 17.1 Å². The van der Waals surface area contributed by atoms with Crippen LogP contribution in [0.3, 0.4) is 0 Å². The molecule has 0 aliphatic heterocycles. The van der Waals surface area contributed by atoms with Gasteiger partial charge in [0.25, 0.3) is 0 Å². The van der Waals surface area contributed by atoms with Crippen LogP contribution in [-0.4, -0.2) is 11.1 Å². The van der Waals surface area contributed by atoms with Crippen molar-refractivity contribution >= 4 is 51.2 Å². The molecule has 0 atom stereocenters. The molecule has 6 rings (SSSR count).